The lowest BCUT2D eigenvalue weighted by molar-refractivity contribution is 0.0562. The second-order valence-corrected chi connectivity index (χ2v) is 5.06. The van der Waals surface area contributed by atoms with Crippen molar-refractivity contribution >= 4 is 5.91 Å². The Kier molecular flexibility index (Phi) is 4.93. The second kappa shape index (κ2) is 6.68. The molecule has 1 aromatic rings. The van der Waals surface area contributed by atoms with Gasteiger partial charge in [0.15, 0.2) is 0 Å². The average Bonchev–Trinajstić information content (AvgIpc) is 2.40. The minimum atomic E-state index is 0.0710. The number of nitrogens with two attached hydrogens (primary N) is 1. The molecule has 0 aromatic heterocycles. The molecule has 2 rings (SSSR count). The highest BCUT2D eigenvalue weighted by molar-refractivity contribution is 5.94. The summed E-state index contributed by atoms with van der Waals surface area (Å²) in [6.45, 7) is 1.26. The van der Waals surface area contributed by atoms with Gasteiger partial charge in [0, 0.05) is 31.3 Å². The van der Waals surface area contributed by atoms with Crippen LogP contribution in [0.1, 0.15) is 41.6 Å². The third-order valence-electron chi connectivity index (χ3n) is 3.77. The van der Waals surface area contributed by atoms with Crippen LogP contribution in [0, 0.1) is 0 Å². The van der Waals surface area contributed by atoms with Gasteiger partial charge in [-0.2, -0.15) is 0 Å². The molecular formula is C15H22N2O2. The van der Waals surface area contributed by atoms with E-state index in [9.17, 15) is 4.79 Å². The van der Waals surface area contributed by atoms with E-state index in [4.69, 9.17) is 10.8 Å². The number of carbonyl (C=O) groups excluding carboxylic acids is 1. The highest BCUT2D eigenvalue weighted by Crippen LogP contribution is 2.26. The van der Waals surface area contributed by atoms with Gasteiger partial charge < -0.3 is 15.7 Å². The van der Waals surface area contributed by atoms with E-state index < -0.39 is 0 Å². The van der Waals surface area contributed by atoms with Crippen LogP contribution in [0.2, 0.25) is 0 Å². The van der Waals surface area contributed by atoms with Crippen molar-refractivity contribution in [1.82, 2.24) is 4.90 Å². The first-order valence-electron chi connectivity index (χ1n) is 6.97. The van der Waals surface area contributed by atoms with Crippen molar-refractivity contribution in [2.45, 2.75) is 38.3 Å². The lowest BCUT2D eigenvalue weighted by Gasteiger charge is -2.37. The summed E-state index contributed by atoms with van der Waals surface area (Å²) in [6, 6.07) is 7.84. The fourth-order valence-corrected chi connectivity index (χ4v) is 2.34. The van der Waals surface area contributed by atoms with E-state index in [1.165, 1.54) is 6.42 Å². The molecule has 1 fully saturated rings. The molecule has 0 bridgehead atoms. The molecule has 0 saturated heterocycles. The van der Waals surface area contributed by atoms with Gasteiger partial charge in [-0.1, -0.05) is 12.1 Å². The number of nitrogens with zero attached hydrogens (tertiary/aromatic N) is 1. The van der Waals surface area contributed by atoms with E-state index in [0.29, 0.717) is 31.1 Å². The summed E-state index contributed by atoms with van der Waals surface area (Å²) in [6.07, 6.45) is 4.00. The van der Waals surface area contributed by atoms with Gasteiger partial charge in [-0.25, -0.2) is 0 Å². The molecule has 1 aliphatic rings. The number of hydrogen-bond donors (Lipinski definition) is 2. The number of aliphatic hydroxyl groups is 1. The lowest BCUT2D eigenvalue weighted by Crippen LogP contribution is -2.44. The first kappa shape index (κ1) is 14.0. The van der Waals surface area contributed by atoms with Crippen molar-refractivity contribution in [3.63, 3.8) is 0 Å². The fraction of sp³-hybridized carbons (Fsp3) is 0.533. The Labute approximate surface area is 114 Å². The maximum absolute atomic E-state index is 12.5. The number of aliphatic hydroxyl groups excluding tert-OH is 1. The topological polar surface area (TPSA) is 66.6 Å². The van der Waals surface area contributed by atoms with Crippen LogP contribution in [0.25, 0.3) is 0 Å². The highest BCUT2D eigenvalue weighted by Gasteiger charge is 2.28. The first-order chi connectivity index (χ1) is 9.26. The van der Waals surface area contributed by atoms with Crippen molar-refractivity contribution < 1.29 is 9.90 Å². The van der Waals surface area contributed by atoms with Gasteiger partial charge in [-0.05, 0) is 43.4 Å². The molecule has 3 N–H and O–H groups in total. The molecular weight excluding hydrogens is 240 g/mol. The third kappa shape index (κ3) is 3.33. The van der Waals surface area contributed by atoms with E-state index in [1.807, 2.05) is 29.2 Å². The average molecular weight is 262 g/mol. The fourth-order valence-electron chi connectivity index (χ4n) is 2.34. The summed E-state index contributed by atoms with van der Waals surface area (Å²) >= 11 is 0. The van der Waals surface area contributed by atoms with Crippen molar-refractivity contribution in [3.8, 4) is 0 Å². The van der Waals surface area contributed by atoms with Crippen LogP contribution in [-0.2, 0) is 6.54 Å². The number of carbonyl (C=O) groups is 1. The van der Waals surface area contributed by atoms with Gasteiger partial charge in [0.1, 0.15) is 0 Å². The molecule has 1 aliphatic carbocycles. The maximum Gasteiger partial charge on any atom is 0.254 e. The van der Waals surface area contributed by atoms with Crippen molar-refractivity contribution in [1.29, 1.82) is 0 Å². The molecule has 4 heteroatoms. The number of benzene rings is 1. The smallest absolute Gasteiger partial charge is 0.254 e. The standard InChI is InChI=1S/C15H22N2O2/c16-11-12-5-7-13(8-6-12)15(19)17(9-2-10-18)14-3-1-4-14/h5-8,14,18H,1-4,9-11,16H2. The summed E-state index contributed by atoms with van der Waals surface area (Å²) < 4.78 is 0. The Hall–Kier alpha value is -1.39. The molecule has 19 heavy (non-hydrogen) atoms. The van der Waals surface area contributed by atoms with Crippen LogP contribution in [0.3, 0.4) is 0 Å². The molecule has 0 unspecified atom stereocenters. The number of rotatable bonds is 6. The molecule has 0 spiro atoms. The second-order valence-electron chi connectivity index (χ2n) is 5.06. The minimum Gasteiger partial charge on any atom is -0.396 e. The van der Waals surface area contributed by atoms with E-state index in [2.05, 4.69) is 0 Å². The summed E-state index contributed by atoms with van der Waals surface area (Å²) in [5.74, 6) is 0.0710. The summed E-state index contributed by atoms with van der Waals surface area (Å²) in [4.78, 5) is 14.4. The zero-order chi connectivity index (χ0) is 13.7. The maximum atomic E-state index is 12.5. The number of amides is 1. The van der Waals surface area contributed by atoms with E-state index >= 15 is 0 Å². The summed E-state index contributed by atoms with van der Waals surface area (Å²) in [5.41, 5.74) is 7.30. The predicted molar refractivity (Wildman–Crippen MR) is 74.7 cm³/mol. The van der Waals surface area contributed by atoms with Crippen molar-refractivity contribution in [2.75, 3.05) is 13.2 Å². The van der Waals surface area contributed by atoms with Crippen LogP contribution in [0.5, 0.6) is 0 Å². The zero-order valence-electron chi connectivity index (χ0n) is 11.2. The van der Waals surface area contributed by atoms with Gasteiger partial charge in [0.05, 0.1) is 0 Å². The Balaban J connectivity index is 2.08. The Bertz CT molecular complexity index is 413. The Morgan fingerprint density at radius 2 is 2.00 bits per heavy atom. The van der Waals surface area contributed by atoms with Gasteiger partial charge in [-0.15, -0.1) is 0 Å². The highest BCUT2D eigenvalue weighted by atomic mass is 16.3. The monoisotopic (exact) mass is 262 g/mol. The molecule has 0 radical (unpaired) electrons. The quantitative estimate of drug-likeness (QED) is 0.817. The van der Waals surface area contributed by atoms with Crippen LogP contribution < -0.4 is 5.73 Å². The van der Waals surface area contributed by atoms with E-state index in [1.54, 1.807) is 0 Å². The Morgan fingerprint density at radius 1 is 1.32 bits per heavy atom. The molecule has 0 heterocycles. The molecule has 0 aliphatic heterocycles. The van der Waals surface area contributed by atoms with E-state index in [0.717, 1.165) is 18.4 Å². The van der Waals surface area contributed by atoms with E-state index in [-0.39, 0.29) is 12.5 Å². The third-order valence-corrected chi connectivity index (χ3v) is 3.77. The Morgan fingerprint density at radius 3 is 2.47 bits per heavy atom. The molecule has 104 valence electrons. The van der Waals surface area contributed by atoms with Gasteiger partial charge in [0.25, 0.3) is 5.91 Å². The molecule has 0 atom stereocenters. The van der Waals surface area contributed by atoms with Gasteiger partial charge >= 0.3 is 0 Å². The van der Waals surface area contributed by atoms with Gasteiger partial charge in [0.2, 0.25) is 0 Å². The van der Waals surface area contributed by atoms with Crippen LogP contribution in [0.4, 0.5) is 0 Å². The van der Waals surface area contributed by atoms with Crippen LogP contribution in [-0.4, -0.2) is 35.1 Å². The normalized spacial score (nSPS) is 15.1. The summed E-state index contributed by atoms with van der Waals surface area (Å²) in [7, 11) is 0. The van der Waals surface area contributed by atoms with Crippen LogP contribution in [0.15, 0.2) is 24.3 Å². The number of hydrogen-bond acceptors (Lipinski definition) is 3. The molecule has 1 saturated carbocycles. The molecule has 4 nitrogen and oxygen atoms in total. The van der Waals surface area contributed by atoms with Crippen LogP contribution >= 0.6 is 0 Å². The van der Waals surface area contributed by atoms with Crippen molar-refractivity contribution in [3.05, 3.63) is 35.4 Å². The summed E-state index contributed by atoms with van der Waals surface area (Å²) in [5, 5.41) is 8.96. The van der Waals surface area contributed by atoms with Gasteiger partial charge in [-0.3, -0.25) is 4.79 Å². The zero-order valence-corrected chi connectivity index (χ0v) is 11.2. The first-order valence-corrected chi connectivity index (χ1v) is 6.97. The largest absolute Gasteiger partial charge is 0.396 e. The SMILES string of the molecule is NCc1ccc(C(=O)N(CCCO)C2CCC2)cc1. The predicted octanol–water partition coefficient (Wildman–Crippen LogP) is 1.52. The molecule has 1 aromatic carbocycles. The lowest BCUT2D eigenvalue weighted by atomic mass is 9.90. The molecule has 1 amide bonds. The van der Waals surface area contributed by atoms with Crippen molar-refractivity contribution in [2.24, 2.45) is 5.73 Å². The minimum absolute atomic E-state index is 0.0710.